The quantitative estimate of drug-likeness (QED) is 0.546. The summed E-state index contributed by atoms with van der Waals surface area (Å²) in [5.41, 5.74) is 1.70. The van der Waals surface area contributed by atoms with Crippen molar-refractivity contribution in [1.82, 2.24) is 10.6 Å². The van der Waals surface area contributed by atoms with Crippen molar-refractivity contribution in [3.8, 4) is 5.75 Å². The van der Waals surface area contributed by atoms with Gasteiger partial charge < -0.3 is 20.7 Å². The van der Waals surface area contributed by atoms with E-state index in [1.807, 2.05) is 0 Å². The van der Waals surface area contributed by atoms with Crippen LogP contribution >= 0.6 is 36.0 Å². The zero-order valence-electron chi connectivity index (χ0n) is 15.0. The summed E-state index contributed by atoms with van der Waals surface area (Å²) in [6, 6.07) is 11.6. The van der Waals surface area contributed by atoms with E-state index in [2.05, 4.69) is 21.3 Å². The van der Waals surface area contributed by atoms with E-state index < -0.39 is 5.91 Å². The summed E-state index contributed by atoms with van der Waals surface area (Å²) in [5.74, 6) is -0.179. The summed E-state index contributed by atoms with van der Waals surface area (Å²) >= 11 is 16.2. The molecule has 2 aromatic carbocycles. The van der Waals surface area contributed by atoms with Gasteiger partial charge in [-0.05, 0) is 66.9 Å². The van der Waals surface area contributed by atoms with Crippen LogP contribution in [0.3, 0.4) is 0 Å². The molecule has 2 amide bonds. The number of benzene rings is 2. The number of thiocarbonyl (C=S) groups is 2. The van der Waals surface area contributed by atoms with E-state index in [0.29, 0.717) is 27.7 Å². The van der Waals surface area contributed by atoms with Gasteiger partial charge in [0.2, 0.25) is 5.91 Å². The molecule has 0 radical (unpaired) electrons. The number of rotatable bonds is 4. The molecule has 0 atom stereocenters. The fourth-order valence-corrected chi connectivity index (χ4v) is 2.83. The van der Waals surface area contributed by atoms with Crippen molar-refractivity contribution < 1.29 is 14.3 Å². The van der Waals surface area contributed by atoms with Gasteiger partial charge in [0.05, 0.1) is 12.1 Å². The fraction of sp³-hybridized carbons (Fsp3) is 0.111. The van der Waals surface area contributed by atoms with Crippen molar-refractivity contribution in [1.29, 1.82) is 0 Å². The zero-order chi connectivity index (χ0) is 20.7. The Hall–Kier alpha value is -2.75. The van der Waals surface area contributed by atoms with Gasteiger partial charge in [0.15, 0.2) is 10.2 Å². The van der Waals surface area contributed by atoms with Crippen molar-refractivity contribution in [3.63, 3.8) is 0 Å². The van der Waals surface area contributed by atoms with Gasteiger partial charge in [-0.2, -0.15) is 0 Å². The highest BCUT2D eigenvalue weighted by molar-refractivity contribution is 7.80. The van der Waals surface area contributed by atoms with Crippen LogP contribution in [0.5, 0.6) is 5.75 Å². The predicted molar refractivity (Wildman–Crippen MR) is 118 cm³/mol. The molecule has 2 aromatic rings. The Kier molecular flexibility index (Phi) is 7.68. The largest absolute Gasteiger partial charge is 0.495 e. The molecule has 0 aliphatic carbocycles. The lowest BCUT2D eigenvalue weighted by molar-refractivity contribution is -0.117. The summed E-state index contributed by atoms with van der Waals surface area (Å²) in [4.78, 5) is 23.2. The van der Waals surface area contributed by atoms with E-state index >= 15 is 0 Å². The highest BCUT2D eigenvalue weighted by atomic mass is 35.5. The number of amides is 2. The van der Waals surface area contributed by atoms with Crippen LogP contribution in [0, 0.1) is 0 Å². The fourth-order valence-electron chi connectivity index (χ4n) is 2.10. The van der Waals surface area contributed by atoms with Crippen molar-refractivity contribution in [2.75, 3.05) is 17.7 Å². The first-order valence-electron chi connectivity index (χ1n) is 7.93. The van der Waals surface area contributed by atoms with Crippen molar-refractivity contribution in [2.24, 2.45) is 0 Å². The van der Waals surface area contributed by atoms with E-state index in [4.69, 9.17) is 40.8 Å². The standard InChI is InChI=1S/C18H17ClN4O3S2/c1-10(24)20-17(27)21-12-4-6-13(7-5-12)22-18(28)23-16(25)11-3-8-15(26-2)14(19)9-11/h3-9H,1-2H3,(H2,20,21,24,27)(H2,22,23,25,28). The van der Waals surface area contributed by atoms with Crippen molar-refractivity contribution in [2.45, 2.75) is 6.92 Å². The molecule has 0 saturated carbocycles. The minimum atomic E-state index is -0.402. The molecule has 146 valence electrons. The number of carbonyl (C=O) groups is 2. The topological polar surface area (TPSA) is 91.5 Å². The van der Waals surface area contributed by atoms with Gasteiger partial charge in [0.1, 0.15) is 5.75 Å². The third kappa shape index (κ3) is 6.45. The van der Waals surface area contributed by atoms with E-state index in [1.54, 1.807) is 36.4 Å². The van der Waals surface area contributed by atoms with Crippen LogP contribution in [0.25, 0.3) is 0 Å². The van der Waals surface area contributed by atoms with Gasteiger partial charge in [-0.25, -0.2) is 0 Å². The molecule has 7 nitrogen and oxygen atoms in total. The maximum absolute atomic E-state index is 12.3. The SMILES string of the molecule is COc1ccc(C(=O)NC(=S)Nc2ccc(NC(=S)NC(C)=O)cc2)cc1Cl. The third-order valence-electron chi connectivity index (χ3n) is 3.33. The second-order valence-corrected chi connectivity index (χ2v) is 6.69. The number of carbonyl (C=O) groups excluding carboxylic acids is 2. The number of anilines is 2. The normalized spacial score (nSPS) is 9.82. The second kappa shape index (κ2) is 9.98. The van der Waals surface area contributed by atoms with Crippen LogP contribution < -0.4 is 26.0 Å². The molecule has 0 bridgehead atoms. The molecule has 0 heterocycles. The summed E-state index contributed by atoms with van der Waals surface area (Å²) in [7, 11) is 1.49. The molecule has 0 aliphatic rings. The minimum absolute atomic E-state index is 0.131. The van der Waals surface area contributed by atoms with E-state index in [-0.39, 0.29) is 16.1 Å². The first-order valence-corrected chi connectivity index (χ1v) is 9.12. The monoisotopic (exact) mass is 436 g/mol. The molecule has 4 N–H and O–H groups in total. The molecule has 0 spiro atoms. The lowest BCUT2D eigenvalue weighted by atomic mass is 10.2. The number of halogens is 1. The predicted octanol–water partition coefficient (Wildman–Crippen LogP) is 3.31. The number of methoxy groups -OCH3 is 1. The van der Waals surface area contributed by atoms with E-state index in [0.717, 1.165) is 0 Å². The Labute approximate surface area is 177 Å². The van der Waals surface area contributed by atoms with Crippen LogP contribution in [0.4, 0.5) is 11.4 Å². The highest BCUT2D eigenvalue weighted by Crippen LogP contribution is 2.24. The average Bonchev–Trinajstić information content (AvgIpc) is 2.62. The van der Waals surface area contributed by atoms with Gasteiger partial charge >= 0.3 is 0 Å². The third-order valence-corrected chi connectivity index (χ3v) is 4.03. The second-order valence-electron chi connectivity index (χ2n) is 5.47. The van der Waals surface area contributed by atoms with Crippen molar-refractivity contribution in [3.05, 3.63) is 53.1 Å². The summed E-state index contributed by atoms with van der Waals surface area (Å²) in [6.45, 7) is 1.37. The molecule has 28 heavy (non-hydrogen) atoms. The number of nitrogens with one attached hydrogen (secondary N) is 4. The summed E-state index contributed by atoms with van der Waals surface area (Å²) < 4.78 is 5.06. The molecule has 0 unspecified atom stereocenters. The number of hydrogen-bond acceptors (Lipinski definition) is 5. The van der Waals surface area contributed by atoms with Crippen LogP contribution in [-0.2, 0) is 4.79 Å². The van der Waals surface area contributed by atoms with Crippen LogP contribution in [0.1, 0.15) is 17.3 Å². The van der Waals surface area contributed by atoms with Gasteiger partial charge in [-0.1, -0.05) is 11.6 Å². The lowest BCUT2D eigenvalue weighted by Gasteiger charge is -2.12. The minimum Gasteiger partial charge on any atom is -0.495 e. The molecule has 0 aliphatic heterocycles. The molecule has 0 aromatic heterocycles. The van der Waals surface area contributed by atoms with Crippen molar-refractivity contribution >= 4 is 69.5 Å². The average molecular weight is 437 g/mol. The van der Waals surface area contributed by atoms with Gasteiger partial charge in [0, 0.05) is 23.9 Å². The van der Waals surface area contributed by atoms with E-state index in [9.17, 15) is 9.59 Å². The molecule has 0 fully saturated rings. The Morgan fingerprint density at radius 3 is 1.93 bits per heavy atom. The summed E-state index contributed by atoms with van der Waals surface area (Å²) in [6.07, 6.45) is 0. The maximum Gasteiger partial charge on any atom is 0.257 e. The molecular formula is C18H17ClN4O3S2. The van der Waals surface area contributed by atoms with Gasteiger partial charge in [-0.15, -0.1) is 0 Å². The Morgan fingerprint density at radius 1 is 0.929 bits per heavy atom. The summed E-state index contributed by atoms with van der Waals surface area (Å²) in [5, 5.41) is 11.5. The lowest BCUT2D eigenvalue weighted by Crippen LogP contribution is -2.34. The molecule has 2 rings (SSSR count). The Balaban J connectivity index is 1.92. The smallest absolute Gasteiger partial charge is 0.257 e. The van der Waals surface area contributed by atoms with Crippen LogP contribution in [0.2, 0.25) is 5.02 Å². The maximum atomic E-state index is 12.3. The van der Waals surface area contributed by atoms with Crippen LogP contribution in [-0.4, -0.2) is 29.1 Å². The first-order chi connectivity index (χ1) is 13.3. The number of hydrogen-bond donors (Lipinski definition) is 4. The zero-order valence-corrected chi connectivity index (χ0v) is 17.3. The number of ether oxygens (including phenoxy) is 1. The Morgan fingerprint density at radius 2 is 1.46 bits per heavy atom. The molecule has 0 saturated heterocycles. The van der Waals surface area contributed by atoms with Crippen LogP contribution in [0.15, 0.2) is 42.5 Å². The van der Waals surface area contributed by atoms with Gasteiger partial charge in [-0.3, -0.25) is 14.9 Å². The van der Waals surface area contributed by atoms with Gasteiger partial charge in [0.25, 0.3) is 5.91 Å². The molecular weight excluding hydrogens is 420 g/mol. The van der Waals surface area contributed by atoms with E-state index in [1.165, 1.54) is 20.1 Å². The first kappa shape index (κ1) is 21.5. The molecule has 10 heteroatoms. The Bertz CT molecular complexity index is 920. The highest BCUT2D eigenvalue weighted by Gasteiger charge is 2.11.